The summed E-state index contributed by atoms with van der Waals surface area (Å²) in [6.07, 6.45) is 1.43. The van der Waals surface area contributed by atoms with Crippen LogP contribution in [0.4, 0.5) is 0 Å². The molecule has 1 aliphatic heterocycles. The summed E-state index contributed by atoms with van der Waals surface area (Å²) >= 11 is 0. The van der Waals surface area contributed by atoms with Gasteiger partial charge in [0.1, 0.15) is 5.76 Å². The highest BCUT2D eigenvalue weighted by Gasteiger charge is 2.26. The standard InChI is InChI=1S/C12H20N2O2/c1-4-12-8-15-10(3)6-14(12)7-11-5-9(2)16-13-11/h5,10,12H,4,6-8H2,1-3H3/t10-,12-/m0/s1. The van der Waals surface area contributed by atoms with E-state index in [-0.39, 0.29) is 0 Å². The Morgan fingerprint density at radius 1 is 1.56 bits per heavy atom. The first-order chi connectivity index (χ1) is 7.69. The topological polar surface area (TPSA) is 38.5 Å². The highest BCUT2D eigenvalue weighted by Crippen LogP contribution is 2.17. The van der Waals surface area contributed by atoms with Crippen molar-refractivity contribution in [1.82, 2.24) is 10.1 Å². The number of hydrogen-bond acceptors (Lipinski definition) is 4. The molecule has 0 bridgehead atoms. The normalized spacial score (nSPS) is 27.2. The number of ether oxygens (including phenoxy) is 1. The van der Waals surface area contributed by atoms with Crippen molar-refractivity contribution in [3.05, 3.63) is 17.5 Å². The number of morpholine rings is 1. The number of hydrogen-bond donors (Lipinski definition) is 0. The lowest BCUT2D eigenvalue weighted by Crippen LogP contribution is -2.47. The molecule has 1 aromatic heterocycles. The van der Waals surface area contributed by atoms with Gasteiger partial charge in [0.2, 0.25) is 0 Å². The van der Waals surface area contributed by atoms with Crippen molar-refractivity contribution in [1.29, 1.82) is 0 Å². The van der Waals surface area contributed by atoms with Gasteiger partial charge in [-0.3, -0.25) is 4.90 Å². The van der Waals surface area contributed by atoms with Gasteiger partial charge in [-0.2, -0.15) is 0 Å². The van der Waals surface area contributed by atoms with Gasteiger partial charge in [0.25, 0.3) is 0 Å². The molecular weight excluding hydrogens is 204 g/mol. The van der Waals surface area contributed by atoms with E-state index in [2.05, 4.69) is 23.9 Å². The van der Waals surface area contributed by atoms with Crippen molar-refractivity contribution in [3.63, 3.8) is 0 Å². The molecule has 0 unspecified atom stereocenters. The molecule has 0 amide bonds. The van der Waals surface area contributed by atoms with Crippen LogP contribution in [0.5, 0.6) is 0 Å². The van der Waals surface area contributed by atoms with E-state index < -0.39 is 0 Å². The quantitative estimate of drug-likeness (QED) is 0.787. The third-order valence-corrected chi connectivity index (χ3v) is 3.09. The summed E-state index contributed by atoms with van der Waals surface area (Å²) < 4.78 is 10.8. The molecule has 4 nitrogen and oxygen atoms in total. The van der Waals surface area contributed by atoms with Crippen LogP contribution >= 0.6 is 0 Å². The van der Waals surface area contributed by atoms with Crippen molar-refractivity contribution >= 4 is 0 Å². The van der Waals surface area contributed by atoms with E-state index >= 15 is 0 Å². The highest BCUT2D eigenvalue weighted by molar-refractivity contribution is 5.03. The summed E-state index contributed by atoms with van der Waals surface area (Å²) in [6, 6.07) is 2.51. The molecule has 1 fully saturated rings. The third-order valence-electron chi connectivity index (χ3n) is 3.09. The largest absolute Gasteiger partial charge is 0.376 e. The molecule has 4 heteroatoms. The van der Waals surface area contributed by atoms with Crippen LogP contribution in [-0.4, -0.2) is 35.4 Å². The number of rotatable bonds is 3. The van der Waals surface area contributed by atoms with Crippen LogP contribution in [-0.2, 0) is 11.3 Å². The number of aryl methyl sites for hydroxylation is 1. The molecule has 0 N–H and O–H groups in total. The first-order valence-corrected chi connectivity index (χ1v) is 5.97. The van der Waals surface area contributed by atoms with E-state index in [0.717, 1.165) is 37.6 Å². The Labute approximate surface area is 96.5 Å². The van der Waals surface area contributed by atoms with E-state index in [1.807, 2.05) is 13.0 Å². The van der Waals surface area contributed by atoms with Gasteiger partial charge in [-0.05, 0) is 20.3 Å². The van der Waals surface area contributed by atoms with Crippen molar-refractivity contribution in [3.8, 4) is 0 Å². The van der Waals surface area contributed by atoms with E-state index in [1.165, 1.54) is 0 Å². The predicted octanol–water partition coefficient (Wildman–Crippen LogP) is 1.98. The lowest BCUT2D eigenvalue weighted by molar-refractivity contribution is -0.0598. The van der Waals surface area contributed by atoms with Crippen LogP contribution < -0.4 is 0 Å². The predicted molar refractivity (Wildman–Crippen MR) is 61.1 cm³/mol. The van der Waals surface area contributed by atoms with E-state index in [4.69, 9.17) is 9.26 Å². The summed E-state index contributed by atoms with van der Waals surface area (Å²) in [6.45, 7) is 8.91. The average molecular weight is 224 g/mol. The Bertz CT molecular complexity index is 338. The molecular formula is C12H20N2O2. The molecule has 0 radical (unpaired) electrons. The van der Waals surface area contributed by atoms with Crippen molar-refractivity contribution in [2.45, 2.75) is 45.9 Å². The molecule has 1 aromatic rings. The van der Waals surface area contributed by atoms with Crippen LogP contribution in [0.15, 0.2) is 10.6 Å². The Balaban J connectivity index is 2.00. The molecule has 0 saturated carbocycles. The molecule has 16 heavy (non-hydrogen) atoms. The smallest absolute Gasteiger partial charge is 0.133 e. The van der Waals surface area contributed by atoms with Gasteiger partial charge in [-0.15, -0.1) is 0 Å². The zero-order valence-electron chi connectivity index (χ0n) is 10.3. The molecule has 90 valence electrons. The molecule has 2 heterocycles. The first-order valence-electron chi connectivity index (χ1n) is 5.97. The van der Waals surface area contributed by atoms with Crippen LogP contribution in [0, 0.1) is 6.92 Å². The minimum atomic E-state index is 0.316. The number of nitrogens with zero attached hydrogens (tertiary/aromatic N) is 2. The minimum Gasteiger partial charge on any atom is -0.376 e. The molecule has 1 aliphatic rings. The average Bonchev–Trinajstić information content (AvgIpc) is 2.64. The lowest BCUT2D eigenvalue weighted by Gasteiger charge is -2.37. The summed E-state index contributed by atoms with van der Waals surface area (Å²) in [5.74, 6) is 0.879. The summed E-state index contributed by atoms with van der Waals surface area (Å²) in [5.41, 5.74) is 1.02. The Kier molecular flexibility index (Phi) is 3.61. The fourth-order valence-corrected chi connectivity index (χ4v) is 2.18. The summed E-state index contributed by atoms with van der Waals surface area (Å²) in [7, 11) is 0. The van der Waals surface area contributed by atoms with Gasteiger partial charge in [-0.25, -0.2) is 0 Å². The van der Waals surface area contributed by atoms with Crippen LogP contribution in [0.25, 0.3) is 0 Å². The zero-order chi connectivity index (χ0) is 11.5. The van der Waals surface area contributed by atoms with E-state index in [9.17, 15) is 0 Å². The maximum absolute atomic E-state index is 5.67. The van der Waals surface area contributed by atoms with Gasteiger partial charge in [-0.1, -0.05) is 12.1 Å². The summed E-state index contributed by atoms with van der Waals surface area (Å²) in [4.78, 5) is 2.44. The van der Waals surface area contributed by atoms with Gasteiger partial charge in [0, 0.05) is 25.2 Å². The van der Waals surface area contributed by atoms with E-state index in [0.29, 0.717) is 12.1 Å². The number of aromatic nitrogens is 1. The Morgan fingerprint density at radius 2 is 2.38 bits per heavy atom. The zero-order valence-corrected chi connectivity index (χ0v) is 10.3. The second kappa shape index (κ2) is 4.97. The molecule has 0 spiro atoms. The van der Waals surface area contributed by atoms with Crippen molar-refractivity contribution in [2.24, 2.45) is 0 Å². The second-order valence-corrected chi connectivity index (χ2v) is 4.56. The van der Waals surface area contributed by atoms with Crippen LogP contribution in [0.1, 0.15) is 31.7 Å². The fourth-order valence-electron chi connectivity index (χ4n) is 2.18. The molecule has 1 saturated heterocycles. The van der Waals surface area contributed by atoms with Gasteiger partial charge < -0.3 is 9.26 Å². The Hall–Kier alpha value is -0.870. The highest BCUT2D eigenvalue weighted by atomic mass is 16.5. The lowest BCUT2D eigenvalue weighted by atomic mass is 10.1. The monoisotopic (exact) mass is 224 g/mol. The van der Waals surface area contributed by atoms with Crippen molar-refractivity contribution < 1.29 is 9.26 Å². The third kappa shape index (κ3) is 2.62. The molecule has 2 atom stereocenters. The maximum atomic E-state index is 5.67. The van der Waals surface area contributed by atoms with Gasteiger partial charge >= 0.3 is 0 Å². The maximum Gasteiger partial charge on any atom is 0.133 e. The first kappa shape index (κ1) is 11.6. The van der Waals surface area contributed by atoms with Gasteiger partial charge in [0.15, 0.2) is 0 Å². The summed E-state index contributed by atoms with van der Waals surface area (Å²) in [5, 5.41) is 4.05. The minimum absolute atomic E-state index is 0.316. The SMILES string of the molecule is CC[C@H]1CO[C@@H](C)CN1Cc1cc(C)on1. The van der Waals surface area contributed by atoms with E-state index in [1.54, 1.807) is 0 Å². The van der Waals surface area contributed by atoms with Crippen molar-refractivity contribution in [2.75, 3.05) is 13.2 Å². The molecule has 0 aromatic carbocycles. The van der Waals surface area contributed by atoms with Crippen LogP contribution in [0.2, 0.25) is 0 Å². The fraction of sp³-hybridized carbons (Fsp3) is 0.750. The second-order valence-electron chi connectivity index (χ2n) is 4.56. The molecule has 2 rings (SSSR count). The van der Waals surface area contributed by atoms with Gasteiger partial charge in [0.05, 0.1) is 18.4 Å². The molecule has 0 aliphatic carbocycles. The Morgan fingerprint density at radius 3 is 3.00 bits per heavy atom. The van der Waals surface area contributed by atoms with Crippen LogP contribution in [0.3, 0.4) is 0 Å².